The lowest BCUT2D eigenvalue weighted by molar-refractivity contribution is -0.145. The van der Waals surface area contributed by atoms with Gasteiger partial charge in [0.25, 0.3) is 0 Å². The first-order valence-corrected chi connectivity index (χ1v) is 3.75. The SMILES string of the molecule is O=C(O)[C@H]1C[C@@H]2C[C@H](O)[C@H]1O2. The van der Waals surface area contributed by atoms with Crippen molar-refractivity contribution in [1.29, 1.82) is 0 Å². The molecule has 62 valence electrons. The predicted molar refractivity (Wildman–Crippen MR) is 35.0 cm³/mol. The highest BCUT2D eigenvalue weighted by Gasteiger charge is 2.50. The number of aliphatic carboxylic acids is 1. The van der Waals surface area contributed by atoms with Crippen molar-refractivity contribution in [2.45, 2.75) is 31.2 Å². The molecule has 0 spiro atoms. The molecular formula is C7H10O4. The van der Waals surface area contributed by atoms with Crippen molar-refractivity contribution >= 4 is 5.97 Å². The molecule has 4 atom stereocenters. The molecule has 2 saturated heterocycles. The summed E-state index contributed by atoms with van der Waals surface area (Å²) in [4.78, 5) is 10.5. The Morgan fingerprint density at radius 3 is 2.55 bits per heavy atom. The number of fused-ring (bicyclic) bond motifs is 2. The number of carboxylic acid groups (broad SMARTS) is 1. The van der Waals surface area contributed by atoms with Gasteiger partial charge in [0.15, 0.2) is 0 Å². The molecule has 0 aliphatic carbocycles. The van der Waals surface area contributed by atoms with Crippen molar-refractivity contribution in [3.05, 3.63) is 0 Å². The van der Waals surface area contributed by atoms with Crippen LogP contribution in [0.5, 0.6) is 0 Å². The van der Waals surface area contributed by atoms with Crippen molar-refractivity contribution in [3.63, 3.8) is 0 Å². The van der Waals surface area contributed by atoms with Crippen LogP contribution in [0.1, 0.15) is 12.8 Å². The van der Waals surface area contributed by atoms with Gasteiger partial charge in [0.1, 0.15) is 0 Å². The second-order valence-corrected chi connectivity index (χ2v) is 3.21. The van der Waals surface area contributed by atoms with E-state index in [1.807, 2.05) is 0 Å². The standard InChI is InChI=1S/C7H10O4/c8-5-2-3-1-4(7(9)10)6(5)11-3/h3-6,8H,1-2H2,(H,9,10)/t3-,4+,5+,6+/m1/s1. The zero-order chi connectivity index (χ0) is 8.01. The Morgan fingerprint density at radius 1 is 1.45 bits per heavy atom. The zero-order valence-corrected chi connectivity index (χ0v) is 5.93. The molecule has 4 nitrogen and oxygen atoms in total. The fourth-order valence-electron chi connectivity index (χ4n) is 1.95. The number of ether oxygens (including phenoxy) is 1. The fraction of sp³-hybridized carbons (Fsp3) is 0.857. The minimum atomic E-state index is -0.851. The molecule has 0 amide bonds. The first-order valence-electron chi connectivity index (χ1n) is 3.75. The maximum atomic E-state index is 10.5. The van der Waals surface area contributed by atoms with Crippen LogP contribution in [0.4, 0.5) is 0 Å². The minimum Gasteiger partial charge on any atom is -0.481 e. The molecule has 11 heavy (non-hydrogen) atoms. The topological polar surface area (TPSA) is 66.8 Å². The molecule has 2 aliphatic rings. The first-order chi connectivity index (χ1) is 5.18. The highest BCUT2D eigenvalue weighted by Crippen LogP contribution is 2.38. The van der Waals surface area contributed by atoms with E-state index in [1.54, 1.807) is 0 Å². The van der Waals surface area contributed by atoms with E-state index in [9.17, 15) is 9.90 Å². The third-order valence-electron chi connectivity index (χ3n) is 2.46. The number of carboxylic acids is 1. The molecule has 2 aliphatic heterocycles. The van der Waals surface area contributed by atoms with Crippen LogP contribution in [-0.2, 0) is 9.53 Å². The molecule has 0 aromatic heterocycles. The summed E-state index contributed by atoms with van der Waals surface area (Å²) in [5.74, 6) is -1.33. The molecule has 2 N–H and O–H groups in total. The lowest BCUT2D eigenvalue weighted by Crippen LogP contribution is -2.34. The predicted octanol–water partition coefficient (Wildman–Crippen LogP) is -0.391. The van der Waals surface area contributed by atoms with E-state index in [2.05, 4.69) is 0 Å². The molecular weight excluding hydrogens is 148 g/mol. The smallest absolute Gasteiger partial charge is 0.309 e. The summed E-state index contributed by atoms with van der Waals surface area (Å²) >= 11 is 0. The normalized spacial score (nSPS) is 48.1. The van der Waals surface area contributed by atoms with Crippen molar-refractivity contribution in [2.24, 2.45) is 5.92 Å². The van der Waals surface area contributed by atoms with Crippen LogP contribution in [0, 0.1) is 5.92 Å². The van der Waals surface area contributed by atoms with Gasteiger partial charge in [0.05, 0.1) is 24.2 Å². The summed E-state index contributed by atoms with van der Waals surface area (Å²) in [7, 11) is 0. The van der Waals surface area contributed by atoms with Crippen LogP contribution < -0.4 is 0 Å². The number of aliphatic hydroxyl groups is 1. The van der Waals surface area contributed by atoms with Gasteiger partial charge in [-0.05, 0) is 6.42 Å². The number of hydrogen-bond acceptors (Lipinski definition) is 3. The number of aliphatic hydroxyl groups excluding tert-OH is 1. The summed E-state index contributed by atoms with van der Waals surface area (Å²) in [6.45, 7) is 0. The average Bonchev–Trinajstić information content (AvgIpc) is 2.43. The monoisotopic (exact) mass is 158 g/mol. The van der Waals surface area contributed by atoms with E-state index >= 15 is 0 Å². The molecule has 2 heterocycles. The summed E-state index contributed by atoms with van der Waals surface area (Å²) in [6.07, 6.45) is 0.148. The Hall–Kier alpha value is -0.610. The van der Waals surface area contributed by atoms with Crippen molar-refractivity contribution in [3.8, 4) is 0 Å². The van der Waals surface area contributed by atoms with Crippen molar-refractivity contribution in [1.82, 2.24) is 0 Å². The van der Waals surface area contributed by atoms with E-state index in [1.165, 1.54) is 0 Å². The van der Waals surface area contributed by atoms with Crippen molar-refractivity contribution in [2.75, 3.05) is 0 Å². The molecule has 0 unspecified atom stereocenters. The highest BCUT2D eigenvalue weighted by molar-refractivity contribution is 5.71. The van der Waals surface area contributed by atoms with Gasteiger partial charge in [-0.25, -0.2) is 0 Å². The maximum absolute atomic E-state index is 10.5. The molecule has 2 fully saturated rings. The van der Waals surface area contributed by atoms with Gasteiger partial charge >= 0.3 is 5.97 Å². The van der Waals surface area contributed by atoms with Crippen LogP contribution in [-0.4, -0.2) is 34.5 Å². The number of rotatable bonds is 1. The maximum Gasteiger partial charge on any atom is 0.309 e. The summed E-state index contributed by atoms with van der Waals surface area (Å²) in [6, 6.07) is 0. The van der Waals surface area contributed by atoms with Gasteiger partial charge in [-0.15, -0.1) is 0 Å². The van der Waals surface area contributed by atoms with Crippen molar-refractivity contribution < 1.29 is 19.7 Å². The van der Waals surface area contributed by atoms with Crippen LogP contribution in [0.15, 0.2) is 0 Å². The molecule has 0 saturated carbocycles. The van der Waals surface area contributed by atoms with E-state index in [-0.39, 0.29) is 6.10 Å². The third kappa shape index (κ3) is 0.937. The van der Waals surface area contributed by atoms with Crippen LogP contribution >= 0.6 is 0 Å². The molecule has 2 rings (SSSR count). The van der Waals surface area contributed by atoms with E-state index in [4.69, 9.17) is 9.84 Å². The van der Waals surface area contributed by atoms with Gasteiger partial charge < -0.3 is 14.9 Å². The largest absolute Gasteiger partial charge is 0.481 e. The quantitative estimate of drug-likeness (QED) is 0.545. The van der Waals surface area contributed by atoms with Crippen LogP contribution in [0.2, 0.25) is 0 Å². The third-order valence-corrected chi connectivity index (χ3v) is 2.46. The number of hydrogen-bond donors (Lipinski definition) is 2. The minimum absolute atomic E-state index is 0.0175. The second-order valence-electron chi connectivity index (χ2n) is 3.21. The molecule has 2 bridgehead atoms. The molecule has 0 aromatic carbocycles. The highest BCUT2D eigenvalue weighted by atomic mass is 16.5. The molecule has 0 radical (unpaired) electrons. The van der Waals surface area contributed by atoms with Gasteiger partial charge in [0.2, 0.25) is 0 Å². The lowest BCUT2D eigenvalue weighted by atomic mass is 9.87. The Balaban J connectivity index is 2.12. The van der Waals surface area contributed by atoms with Crippen LogP contribution in [0.3, 0.4) is 0 Å². The first kappa shape index (κ1) is 7.06. The Morgan fingerprint density at radius 2 is 2.18 bits per heavy atom. The summed E-state index contributed by atoms with van der Waals surface area (Å²) < 4.78 is 5.23. The van der Waals surface area contributed by atoms with Crippen LogP contribution in [0.25, 0.3) is 0 Å². The Kier molecular flexibility index (Phi) is 1.40. The molecule has 0 aromatic rings. The Bertz CT molecular complexity index is 191. The van der Waals surface area contributed by atoms with Gasteiger partial charge in [-0.1, -0.05) is 0 Å². The molecule has 4 heteroatoms. The lowest BCUT2D eigenvalue weighted by Gasteiger charge is -2.18. The fourth-order valence-corrected chi connectivity index (χ4v) is 1.95. The summed E-state index contributed by atoms with van der Waals surface area (Å²) in [5.41, 5.74) is 0. The Labute approximate surface area is 63.8 Å². The van der Waals surface area contributed by atoms with Gasteiger partial charge in [-0.3, -0.25) is 4.79 Å². The number of carbonyl (C=O) groups is 1. The van der Waals surface area contributed by atoms with Gasteiger partial charge in [0, 0.05) is 6.42 Å². The summed E-state index contributed by atoms with van der Waals surface area (Å²) in [5, 5.41) is 17.9. The second kappa shape index (κ2) is 2.19. The van der Waals surface area contributed by atoms with E-state index in [0.717, 1.165) is 0 Å². The average molecular weight is 158 g/mol. The van der Waals surface area contributed by atoms with E-state index in [0.29, 0.717) is 12.8 Å². The van der Waals surface area contributed by atoms with E-state index < -0.39 is 24.1 Å². The zero-order valence-electron chi connectivity index (χ0n) is 5.93. The van der Waals surface area contributed by atoms with Gasteiger partial charge in [-0.2, -0.15) is 0 Å².